The Balaban J connectivity index is 2.10. The van der Waals surface area contributed by atoms with Gasteiger partial charge in [0.1, 0.15) is 0 Å². The summed E-state index contributed by atoms with van der Waals surface area (Å²) in [5.74, 6) is 0.0547. The monoisotopic (exact) mass is 298 g/mol. The van der Waals surface area contributed by atoms with E-state index in [1.807, 2.05) is 35.7 Å². The Hall–Kier alpha value is -0.710. The van der Waals surface area contributed by atoms with Crippen LogP contribution in [0, 0.1) is 0 Å². The van der Waals surface area contributed by atoms with E-state index in [4.69, 9.17) is 0 Å². The minimum atomic E-state index is 0.0547. The van der Waals surface area contributed by atoms with Crippen molar-refractivity contribution >= 4 is 50.5 Å². The van der Waals surface area contributed by atoms with Gasteiger partial charge < -0.3 is 0 Å². The Kier molecular flexibility index (Phi) is 3.51. The summed E-state index contributed by atoms with van der Waals surface area (Å²) in [6.45, 7) is 0. The Morgan fingerprint density at radius 1 is 1.33 bits per heavy atom. The SMILES string of the molecule is O=C(/C=C/c1cccs1)c1ccc(Br)s1. The quantitative estimate of drug-likeness (QED) is 0.604. The third kappa shape index (κ3) is 2.87. The zero-order valence-corrected chi connectivity index (χ0v) is 10.9. The maximum atomic E-state index is 11.7. The third-order valence-electron chi connectivity index (χ3n) is 1.76. The molecule has 15 heavy (non-hydrogen) atoms. The van der Waals surface area contributed by atoms with Gasteiger partial charge in [0.2, 0.25) is 0 Å². The minimum Gasteiger partial charge on any atom is -0.288 e. The molecule has 0 saturated carbocycles. The summed E-state index contributed by atoms with van der Waals surface area (Å²) in [6.07, 6.45) is 3.46. The number of carbonyl (C=O) groups excluding carboxylic acids is 1. The molecule has 0 aliphatic rings. The number of allylic oxidation sites excluding steroid dienone is 1. The third-order valence-corrected chi connectivity index (χ3v) is 4.23. The van der Waals surface area contributed by atoms with Crippen LogP contribution in [0.2, 0.25) is 0 Å². The predicted molar refractivity (Wildman–Crippen MR) is 69.7 cm³/mol. The molecule has 2 aromatic heterocycles. The maximum Gasteiger partial charge on any atom is 0.195 e. The molecule has 0 fully saturated rings. The van der Waals surface area contributed by atoms with Crippen molar-refractivity contribution in [3.63, 3.8) is 0 Å². The summed E-state index contributed by atoms with van der Waals surface area (Å²) in [4.78, 5) is 13.5. The predicted octanol–water partition coefficient (Wildman–Crippen LogP) is 4.47. The molecule has 0 aromatic carbocycles. The van der Waals surface area contributed by atoms with Gasteiger partial charge in [-0.05, 0) is 51.7 Å². The van der Waals surface area contributed by atoms with Crippen molar-refractivity contribution in [1.82, 2.24) is 0 Å². The van der Waals surface area contributed by atoms with Crippen LogP contribution in [-0.2, 0) is 0 Å². The van der Waals surface area contributed by atoms with Gasteiger partial charge in [0.15, 0.2) is 5.78 Å². The van der Waals surface area contributed by atoms with Gasteiger partial charge in [-0.15, -0.1) is 22.7 Å². The minimum absolute atomic E-state index is 0.0547. The summed E-state index contributed by atoms with van der Waals surface area (Å²) >= 11 is 6.41. The van der Waals surface area contributed by atoms with Gasteiger partial charge in [-0.3, -0.25) is 4.79 Å². The molecule has 0 aliphatic heterocycles. The lowest BCUT2D eigenvalue weighted by molar-refractivity contribution is 0.105. The van der Waals surface area contributed by atoms with E-state index in [2.05, 4.69) is 15.9 Å². The number of thiophene rings is 2. The molecular weight excluding hydrogens is 292 g/mol. The van der Waals surface area contributed by atoms with Crippen molar-refractivity contribution in [3.8, 4) is 0 Å². The first kappa shape index (κ1) is 10.8. The summed E-state index contributed by atoms with van der Waals surface area (Å²) in [6, 6.07) is 7.67. The molecule has 2 aromatic rings. The second-order valence-corrected chi connectivity index (χ2v) is 6.26. The van der Waals surface area contributed by atoms with E-state index in [1.165, 1.54) is 11.3 Å². The average Bonchev–Trinajstić information content (AvgIpc) is 2.84. The molecule has 2 rings (SSSR count). The average molecular weight is 299 g/mol. The topological polar surface area (TPSA) is 17.1 Å². The van der Waals surface area contributed by atoms with Crippen LogP contribution in [0.3, 0.4) is 0 Å². The molecule has 0 bridgehead atoms. The van der Waals surface area contributed by atoms with E-state index in [1.54, 1.807) is 17.4 Å². The fourth-order valence-corrected chi connectivity index (χ4v) is 3.00. The largest absolute Gasteiger partial charge is 0.288 e. The first-order chi connectivity index (χ1) is 7.25. The van der Waals surface area contributed by atoms with Crippen molar-refractivity contribution < 1.29 is 4.79 Å². The van der Waals surface area contributed by atoms with Gasteiger partial charge in [0, 0.05) is 4.88 Å². The van der Waals surface area contributed by atoms with Gasteiger partial charge in [-0.2, -0.15) is 0 Å². The van der Waals surface area contributed by atoms with Crippen LogP contribution >= 0.6 is 38.6 Å². The second-order valence-electron chi connectivity index (χ2n) is 2.82. The molecule has 0 radical (unpaired) electrons. The van der Waals surface area contributed by atoms with E-state index < -0.39 is 0 Å². The molecule has 0 amide bonds. The molecule has 4 heteroatoms. The fraction of sp³-hybridized carbons (Fsp3) is 0. The first-order valence-corrected chi connectivity index (χ1v) is 6.76. The highest BCUT2D eigenvalue weighted by atomic mass is 79.9. The number of ketones is 1. The fourth-order valence-electron chi connectivity index (χ4n) is 1.07. The molecule has 1 nitrogen and oxygen atoms in total. The molecule has 76 valence electrons. The second kappa shape index (κ2) is 4.88. The zero-order chi connectivity index (χ0) is 10.7. The summed E-state index contributed by atoms with van der Waals surface area (Å²) in [7, 11) is 0. The van der Waals surface area contributed by atoms with E-state index in [0.29, 0.717) is 0 Å². The standard InChI is InChI=1S/C11H7BrOS2/c12-11-6-5-10(15-11)9(13)4-3-8-2-1-7-14-8/h1-7H/b4-3+. The van der Waals surface area contributed by atoms with E-state index >= 15 is 0 Å². The number of rotatable bonds is 3. The van der Waals surface area contributed by atoms with Crippen molar-refractivity contribution in [2.24, 2.45) is 0 Å². The Labute approximate surface area is 104 Å². The smallest absolute Gasteiger partial charge is 0.195 e. The number of hydrogen-bond acceptors (Lipinski definition) is 3. The van der Waals surface area contributed by atoms with Gasteiger partial charge >= 0.3 is 0 Å². The van der Waals surface area contributed by atoms with Crippen molar-refractivity contribution in [2.45, 2.75) is 0 Å². The van der Waals surface area contributed by atoms with Crippen LogP contribution in [0.5, 0.6) is 0 Å². The Bertz CT molecular complexity index is 482. The first-order valence-electron chi connectivity index (χ1n) is 4.27. The maximum absolute atomic E-state index is 11.7. The molecule has 2 heterocycles. The van der Waals surface area contributed by atoms with Crippen LogP contribution in [0.1, 0.15) is 14.5 Å². The van der Waals surface area contributed by atoms with Gasteiger partial charge in [-0.1, -0.05) is 6.07 Å². The van der Waals surface area contributed by atoms with Crippen molar-refractivity contribution in [1.29, 1.82) is 0 Å². The van der Waals surface area contributed by atoms with Crippen LogP contribution in [-0.4, -0.2) is 5.78 Å². The molecule has 0 N–H and O–H groups in total. The van der Waals surface area contributed by atoms with Crippen LogP contribution in [0.4, 0.5) is 0 Å². The van der Waals surface area contributed by atoms with Gasteiger partial charge in [-0.25, -0.2) is 0 Å². The lowest BCUT2D eigenvalue weighted by Gasteiger charge is -1.87. The summed E-state index contributed by atoms with van der Waals surface area (Å²) in [5, 5.41) is 1.99. The Morgan fingerprint density at radius 3 is 2.80 bits per heavy atom. The van der Waals surface area contributed by atoms with Gasteiger partial charge in [0.25, 0.3) is 0 Å². The summed E-state index contributed by atoms with van der Waals surface area (Å²) in [5.41, 5.74) is 0. The van der Waals surface area contributed by atoms with E-state index in [9.17, 15) is 4.79 Å². The van der Waals surface area contributed by atoms with Crippen LogP contribution < -0.4 is 0 Å². The highest BCUT2D eigenvalue weighted by Gasteiger charge is 2.04. The number of halogens is 1. The van der Waals surface area contributed by atoms with E-state index in [0.717, 1.165) is 13.5 Å². The van der Waals surface area contributed by atoms with E-state index in [-0.39, 0.29) is 5.78 Å². The molecule has 0 atom stereocenters. The normalized spacial score (nSPS) is 11.0. The highest BCUT2D eigenvalue weighted by Crippen LogP contribution is 2.23. The molecule has 0 aliphatic carbocycles. The Morgan fingerprint density at radius 2 is 2.20 bits per heavy atom. The molecular formula is C11H7BrOS2. The summed E-state index contributed by atoms with van der Waals surface area (Å²) < 4.78 is 0.982. The highest BCUT2D eigenvalue weighted by molar-refractivity contribution is 9.11. The lowest BCUT2D eigenvalue weighted by Crippen LogP contribution is -1.87. The van der Waals surface area contributed by atoms with Crippen LogP contribution in [0.25, 0.3) is 6.08 Å². The van der Waals surface area contributed by atoms with Crippen molar-refractivity contribution in [2.75, 3.05) is 0 Å². The molecule has 0 spiro atoms. The van der Waals surface area contributed by atoms with Gasteiger partial charge in [0.05, 0.1) is 8.66 Å². The zero-order valence-electron chi connectivity index (χ0n) is 7.64. The number of hydrogen-bond donors (Lipinski definition) is 0. The van der Waals surface area contributed by atoms with Crippen LogP contribution in [0.15, 0.2) is 39.5 Å². The molecule has 0 saturated heterocycles. The van der Waals surface area contributed by atoms with Crippen molar-refractivity contribution in [3.05, 3.63) is 49.3 Å². The molecule has 0 unspecified atom stereocenters. The lowest BCUT2D eigenvalue weighted by atomic mass is 10.3. The number of carbonyl (C=O) groups is 1.